The number of halogens is 4. The molecule has 0 bridgehead atoms. The molecule has 0 atom stereocenters. The topological polar surface area (TPSA) is 91.2 Å². The first-order chi connectivity index (χ1) is 15.6. The van der Waals surface area contributed by atoms with Crippen molar-refractivity contribution in [1.82, 2.24) is 9.62 Å². The van der Waals surface area contributed by atoms with Gasteiger partial charge in [0, 0.05) is 35.3 Å². The molecular formula is C21H16ClF3N4O3S. The molecule has 7 nitrogen and oxygen atoms in total. The average Bonchev–Trinajstić information content (AvgIpc) is 2.78. The molecule has 0 fully saturated rings. The van der Waals surface area contributed by atoms with Gasteiger partial charge in [0.15, 0.2) is 0 Å². The molecule has 12 heteroatoms. The fourth-order valence-corrected chi connectivity index (χ4v) is 5.05. The number of sulfonamides is 1. The van der Waals surface area contributed by atoms with Crippen molar-refractivity contribution >= 4 is 39.2 Å². The first kappa shape index (κ1) is 23.0. The van der Waals surface area contributed by atoms with Crippen LogP contribution in [0.1, 0.15) is 22.3 Å². The second kappa shape index (κ2) is 8.64. The normalized spacial score (nSPS) is 16.4. The Balaban J connectivity index is 1.54. The summed E-state index contributed by atoms with van der Waals surface area (Å²) >= 11 is 5.81. The van der Waals surface area contributed by atoms with Crippen LogP contribution in [-0.4, -0.2) is 43.4 Å². The molecule has 2 heterocycles. The van der Waals surface area contributed by atoms with Crippen LogP contribution in [-0.2, 0) is 16.2 Å². The second-order valence-electron chi connectivity index (χ2n) is 7.17. The zero-order chi connectivity index (χ0) is 23.8. The van der Waals surface area contributed by atoms with Crippen molar-refractivity contribution in [3.63, 3.8) is 0 Å². The molecule has 1 N–H and O–H groups in total. The summed E-state index contributed by atoms with van der Waals surface area (Å²) in [7, 11) is -4.45. The van der Waals surface area contributed by atoms with E-state index < -0.39 is 32.6 Å². The zero-order valence-electron chi connectivity index (χ0n) is 16.8. The summed E-state index contributed by atoms with van der Waals surface area (Å²) in [6.45, 7) is -0.0860. The molecule has 33 heavy (non-hydrogen) atoms. The first-order valence-corrected chi connectivity index (χ1v) is 11.5. The summed E-state index contributed by atoms with van der Waals surface area (Å²) in [6, 6.07) is 10.3. The van der Waals surface area contributed by atoms with E-state index in [2.05, 4.69) is 15.3 Å². The van der Waals surface area contributed by atoms with Gasteiger partial charge in [-0.3, -0.25) is 14.4 Å². The maximum atomic E-state index is 13.3. The number of hydrogen-bond donors (Lipinski definition) is 1. The highest BCUT2D eigenvalue weighted by Gasteiger charge is 2.39. The van der Waals surface area contributed by atoms with Crippen molar-refractivity contribution in [2.45, 2.75) is 17.5 Å². The Bertz CT molecular complexity index is 1300. The summed E-state index contributed by atoms with van der Waals surface area (Å²) < 4.78 is 66.8. The number of carbonyl (C=O) groups is 1. The highest BCUT2D eigenvalue weighted by molar-refractivity contribution is 7.89. The number of rotatable bonds is 3. The Morgan fingerprint density at radius 1 is 1.09 bits per heavy atom. The minimum atomic E-state index is -4.81. The molecule has 1 amide bonds. The molecule has 0 saturated carbocycles. The lowest BCUT2D eigenvalue weighted by Gasteiger charge is -2.29. The Kier molecular flexibility index (Phi) is 6.02. The van der Waals surface area contributed by atoms with Crippen LogP contribution < -0.4 is 5.32 Å². The van der Waals surface area contributed by atoms with Crippen molar-refractivity contribution < 1.29 is 26.4 Å². The van der Waals surface area contributed by atoms with Crippen LogP contribution in [0.3, 0.4) is 0 Å². The maximum Gasteiger partial charge on any atom is 0.417 e. The van der Waals surface area contributed by atoms with Crippen LogP contribution in [0.5, 0.6) is 0 Å². The SMILES string of the molecule is O=C(NC1=NCC2=CN(S(=O)(=O)c3ccccc3C(F)(F)F)CCC2=N1)c1ccc(Cl)cc1. The van der Waals surface area contributed by atoms with Crippen molar-refractivity contribution in [2.24, 2.45) is 9.98 Å². The fraction of sp³-hybridized carbons (Fsp3) is 0.190. The number of hydrogen-bond acceptors (Lipinski definition) is 5. The largest absolute Gasteiger partial charge is 0.417 e. The number of nitrogens with zero attached hydrogens (tertiary/aromatic N) is 3. The van der Waals surface area contributed by atoms with Crippen LogP contribution in [0.25, 0.3) is 0 Å². The van der Waals surface area contributed by atoms with E-state index in [1.807, 2.05) is 0 Å². The summed E-state index contributed by atoms with van der Waals surface area (Å²) in [4.78, 5) is 19.9. The summed E-state index contributed by atoms with van der Waals surface area (Å²) in [5, 5.41) is 3.06. The number of fused-ring (bicyclic) bond motifs is 1. The molecule has 2 aliphatic rings. The lowest BCUT2D eigenvalue weighted by atomic mass is 10.1. The molecular weight excluding hydrogens is 481 g/mol. The quantitative estimate of drug-likeness (QED) is 0.699. The van der Waals surface area contributed by atoms with E-state index in [0.717, 1.165) is 22.5 Å². The van der Waals surface area contributed by atoms with Gasteiger partial charge in [0.2, 0.25) is 5.96 Å². The van der Waals surface area contributed by atoms with Gasteiger partial charge >= 0.3 is 6.18 Å². The lowest BCUT2D eigenvalue weighted by Crippen LogP contribution is -2.38. The van der Waals surface area contributed by atoms with E-state index in [-0.39, 0.29) is 25.5 Å². The molecule has 172 valence electrons. The Labute approximate surface area is 192 Å². The van der Waals surface area contributed by atoms with E-state index in [9.17, 15) is 26.4 Å². The summed E-state index contributed by atoms with van der Waals surface area (Å²) in [5.74, 6) is -0.369. The van der Waals surface area contributed by atoms with Gasteiger partial charge in [0.05, 0.1) is 22.7 Å². The molecule has 2 aromatic carbocycles. The molecule has 4 rings (SSSR count). The summed E-state index contributed by atoms with van der Waals surface area (Å²) in [6.07, 6.45) is -3.42. The molecule has 2 aromatic rings. The number of guanidine groups is 1. The van der Waals surface area contributed by atoms with Crippen LogP contribution in [0.2, 0.25) is 5.02 Å². The Morgan fingerprint density at radius 2 is 1.79 bits per heavy atom. The lowest BCUT2D eigenvalue weighted by molar-refractivity contribution is -0.139. The van der Waals surface area contributed by atoms with Crippen molar-refractivity contribution in [3.05, 3.63) is 76.5 Å². The smallest absolute Gasteiger partial charge is 0.291 e. The zero-order valence-corrected chi connectivity index (χ0v) is 18.4. The van der Waals surface area contributed by atoms with E-state index in [1.54, 1.807) is 24.3 Å². The third-order valence-electron chi connectivity index (χ3n) is 4.99. The third kappa shape index (κ3) is 4.79. The van der Waals surface area contributed by atoms with E-state index in [0.29, 0.717) is 21.9 Å². The van der Waals surface area contributed by atoms with Crippen LogP contribution in [0, 0.1) is 0 Å². The van der Waals surface area contributed by atoms with Crippen molar-refractivity contribution in [2.75, 3.05) is 13.1 Å². The van der Waals surface area contributed by atoms with Crippen molar-refractivity contribution in [1.29, 1.82) is 0 Å². The number of alkyl halides is 3. The molecule has 0 aromatic heterocycles. The van der Waals surface area contributed by atoms with Crippen molar-refractivity contribution in [3.8, 4) is 0 Å². The molecule has 0 unspecified atom stereocenters. The minimum Gasteiger partial charge on any atom is -0.291 e. The van der Waals surface area contributed by atoms with E-state index >= 15 is 0 Å². The van der Waals surface area contributed by atoms with E-state index in [1.165, 1.54) is 12.3 Å². The number of amides is 1. The van der Waals surface area contributed by atoms with E-state index in [4.69, 9.17) is 11.6 Å². The molecule has 0 radical (unpaired) electrons. The van der Waals surface area contributed by atoms with Gasteiger partial charge in [-0.05, 0) is 36.4 Å². The van der Waals surface area contributed by atoms with Crippen LogP contribution >= 0.6 is 11.6 Å². The van der Waals surface area contributed by atoms with Crippen LogP contribution in [0.15, 0.2) is 75.2 Å². The summed E-state index contributed by atoms with van der Waals surface area (Å²) in [5.41, 5.74) is 0.0791. The third-order valence-corrected chi connectivity index (χ3v) is 7.06. The predicted molar refractivity (Wildman–Crippen MR) is 117 cm³/mol. The standard InChI is InChI=1S/C21H16ClF3N4O3S/c22-15-7-5-13(6-8-15)19(30)28-20-26-11-14-12-29(10-9-17(14)27-20)33(31,32)18-4-2-1-3-16(18)21(23,24)25/h1-8,12H,9-11H2,(H,26,28,30). The molecule has 0 aliphatic carbocycles. The predicted octanol–water partition coefficient (Wildman–Crippen LogP) is 3.88. The Morgan fingerprint density at radius 3 is 2.48 bits per heavy atom. The Hall–Kier alpha value is -3.18. The molecule has 2 aliphatic heterocycles. The minimum absolute atomic E-state index is 0.0159. The van der Waals surface area contributed by atoms with Crippen LogP contribution in [0.4, 0.5) is 13.2 Å². The molecule has 0 spiro atoms. The number of benzene rings is 2. The van der Waals surface area contributed by atoms with Gasteiger partial charge in [0.25, 0.3) is 15.9 Å². The van der Waals surface area contributed by atoms with Gasteiger partial charge in [-0.25, -0.2) is 18.4 Å². The van der Waals surface area contributed by atoms with Gasteiger partial charge in [0.1, 0.15) is 0 Å². The fourth-order valence-electron chi connectivity index (χ4n) is 3.36. The highest BCUT2D eigenvalue weighted by Crippen LogP contribution is 2.36. The average molecular weight is 497 g/mol. The highest BCUT2D eigenvalue weighted by atomic mass is 35.5. The van der Waals surface area contributed by atoms with Gasteiger partial charge in [-0.1, -0.05) is 23.7 Å². The van der Waals surface area contributed by atoms with Gasteiger partial charge in [-0.15, -0.1) is 0 Å². The number of nitrogens with one attached hydrogen (secondary N) is 1. The second-order valence-corrected chi connectivity index (χ2v) is 9.47. The first-order valence-electron chi connectivity index (χ1n) is 9.64. The monoisotopic (exact) mass is 496 g/mol. The number of aliphatic imine (C=N–C) groups is 2. The number of carbonyl (C=O) groups excluding carboxylic acids is 1. The van der Waals surface area contributed by atoms with Gasteiger partial charge in [-0.2, -0.15) is 13.2 Å². The van der Waals surface area contributed by atoms with Gasteiger partial charge < -0.3 is 0 Å². The maximum absolute atomic E-state index is 13.3. The molecule has 0 saturated heterocycles.